The third-order valence-corrected chi connectivity index (χ3v) is 3.41. The van der Waals surface area contributed by atoms with E-state index >= 15 is 0 Å². The monoisotopic (exact) mass is 360 g/mol. The van der Waals surface area contributed by atoms with Crippen molar-refractivity contribution in [2.45, 2.75) is 11.5 Å². The molecule has 2 aromatic rings. The lowest BCUT2D eigenvalue weighted by Crippen LogP contribution is -2.08. The van der Waals surface area contributed by atoms with E-state index in [9.17, 15) is 13.2 Å². The zero-order valence-electron chi connectivity index (χ0n) is 11.1. The van der Waals surface area contributed by atoms with Crippen molar-refractivity contribution in [3.63, 3.8) is 0 Å². The Labute approximate surface area is 128 Å². The fraction of sp³-hybridized carbons (Fsp3) is 0.200. The van der Waals surface area contributed by atoms with Crippen LogP contribution in [0.5, 0.6) is 17.2 Å². The van der Waals surface area contributed by atoms with Crippen molar-refractivity contribution in [2.24, 2.45) is 0 Å². The molecule has 0 spiro atoms. The van der Waals surface area contributed by atoms with Gasteiger partial charge in [0.25, 0.3) is 0 Å². The van der Waals surface area contributed by atoms with Crippen LogP contribution in [0.3, 0.4) is 0 Å². The molecule has 0 bridgehead atoms. The number of halogens is 4. The molecule has 0 aromatic heterocycles. The van der Waals surface area contributed by atoms with Gasteiger partial charge in [0.05, 0.1) is 12.7 Å². The van der Waals surface area contributed by atoms with Gasteiger partial charge in [0.2, 0.25) is 0 Å². The predicted molar refractivity (Wildman–Crippen MR) is 77.1 cm³/mol. The van der Waals surface area contributed by atoms with Gasteiger partial charge in [-0.2, -0.15) is 13.2 Å². The van der Waals surface area contributed by atoms with Crippen LogP contribution in [0.15, 0.2) is 42.5 Å². The zero-order valence-corrected chi connectivity index (χ0v) is 12.7. The number of hydrogen-bond donors (Lipinski definition) is 0. The first kappa shape index (κ1) is 15.7. The van der Waals surface area contributed by atoms with E-state index in [0.717, 1.165) is 6.07 Å². The summed E-state index contributed by atoms with van der Waals surface area (Å²) in [5.41, 5.74) is -0.541. The summed E-state index contributed by atoms with van der Waals surface area (Å²) in [7, 11) is 1.51. The highest BCUT2D eigenvalue weighted by molar-refractivity contribution is 9.08. The van der Waals surface area contributed by atoms with E-state index in [1.54, 1.807) is 24.3 Å². The van der Waals surface area contributed by atoms with Gasteiger partial charge in [-0.1, -0.05) is 28.1 Å². The molecule has 0 saturated carbocycles. The molecule has 0 aliphatic rings. The van der Waals surface area contributed by atoms with E-state index in [1.807, 2.05) is 0 Å². The number of alkyl halides is 4. The van der Waals surface area contributed by atoms with Gasteiger partial charge in [-0.05, 0) is 29.8 Å². The van der Waals surface area contributed by atoms with Gasteiger partial charge >= 0.3 is 6.18 Å². The minimum Gasteiger partial charge on any atom is -0.497 e. The lowest BCUT2D eigenvalue weighted by Gasteiger charge is -2.14. The molecule has 2 aromatic carbocycles. The normalized spacial score (nSPS) is 11.3. The highest BCUT2D eigenvalue weighted by atomic mass is 79.9. The molecule has 0 heterocycles. The third-order valence-electron chi connectivity index (χ3n) is 2.81. The van der Waals surface area contributed by atoms with Crippen molar-refractivity contribution in [3.05, 3.63) is 53.6 Å². The molecular formula is C15H12BrF3O2. The number of ether oxygens (including phenoxy) is 2. The highest BCUT2D eigenvalue weighted by Crippen LogP contribution is 2.36. The summed E-state index contributed by atoms with van der Waals surface area (Å²) in [5, 5.41) is 0.126. The maximum atomic E-state index is 13.0. The van der Waals surface area contributed by atoms with Crippen molar-refractivity contribution in [2.75, 3.05) is 7.11 Å². The van der Waals surface area contributed by atoms with E-state index in [4.69, 9.17) is 9.47 Å². The van der Waals surface area contributed by atoms with Crippen LogP contribution >= 0.6 is 15.9 Å². The van der Waals surface area contributed by atoms with Gasteiger partial charge in [-0.15, -0.1) is 0 Å². The summed E-state index contributed by atoms with van der Waals surface area (Å²) in [4.78, 5) is 0. The molecule has 0 unspecified atom stereocenters. The van der Waals surface area contributed by atoms with Gasteiger partial charge in [-0.3, -0.25) is 0 Å². The van der Waals surface area contributed by atoms with Gasteiger partial charge in [-0.25, -0.2) is 0 Å². The zero-order chi connectivity index (χ0) is 15.5. The molecule has 0 aliphatic carbocycles. The SMILES string of the molecule is COc1cccc(Oc2ccc(CBr)c(C(F)(F)F)c2)c1. The van der Waals surface area contributed by atoms with Gasteiger partial charge in [0, 0.05) is 11.4 Å². The number of methoxy groups -OCH3 is 1. The molecule has 6 heteroatoms. The maximum absolute atomic E-state index is 13.0. The summed E-state index contributed by atoms with van der Waals surface area (Å²) in [6, 6.07) is 10.6. The van der Waals surface area contributed by atoms with Crippen LogP contribution in [0.4, 0.5) is 13.2 Å². The molecule has 0 fully saturated rings. The summed E-state index contributed by atoms with van der Waals surface area (Å²) in [6.45, 7) is 0. The lowest BCUT2D eigenvalue weighted by molar-refractivity contribution is -0.138. The van der Waals surface area contributed by atoms with E-state index in [-0.39, 0.29) is 16.6 Å². The molecule has 112 valence electrons. The largest absolute Gasteiger partial charge is 0.497 e. The Morgan fingerprint density at radius 3 is 2.29 bits per heavy atom. The standard InChI is InChI=1S/C15H12BrF3O2/c1-20-11-3-2-4-12(7-11)21-13-6-5-10(9-16)14(8-13)15(17,18)19/h2-8H,9H2,1H3. The van der Waals surface area contributed by atoms with Crippen LogP contribution in [0, 0.1) is 0 Å². The van der Waals surface area contributed by atoms with Crippen LogP contribution in [0.25, 0.3) is 0 Å². The minimum absolute atomic E-state index is 0.125. The molecule has 21 heavy (non-hydrogen) atoms. The fourth-order valence-corrected chi connectivity index (χ4v) is 2.29. The number of rotatable bonds is 4. The summed E-state index contributed by atoms with van der Waals surface area (Å²) >= 11 is 3.05. The summed E-state index contributed by atoms with van der Waals surface area (Å²) in [6.07, 6.45) is -4.42. The minimum atomic E-state index is -4.42. The quantitative estimate of drug-likeness (QED) is 0.679. The summed E-state index contributed by atoms with van der Waals surface area (Å²) < 4.78 is 49.4. The van der Waals surface area contributed by atoms with Crippen LogP contribution in [-0.2, 0) is 11.5 Å². The maximum Gasteiger partial charge on any atom is 0.416 e. The second-order valence-corrected chi connectivity index (χ2v) is 4.79. The Bertz CT molecular complexity index is 627. The third kappa shape index (κ3) is 3.91. The van der Waals surface area contributed by atoms with Crippen molar-refractivity contribution >= 4 is 15.9 Å². The molecule has 0 N–H and O–H groups in total. The second kappa shape index (κ2) is 6.39. The van der Waals surface area contributed by atoms with Crippen molar-refractivity contribution in [3.8, 4) is 17.2 Å². The van der Waals surface area contributed by atoms with Crippen LogP contribution < -0.4 is 9.47 Å². The number of benzene rings is 2. The van der Waals surface area contributed by atoms with Gasteiger partial charge < -0.3 is 9.47 Å². The molecule has 0 aliphatic heterocycles. The topological polar surface area (TPSA) is 18.5 Å². The average Bonchev–Trinajstić information content (AvgIpc) is 2.46. The molecular weight excluding hydrogens is 349 g/mol. The lowest BCUT2D eigenvalue weighted by atomic mass is 10.1. The molecule has 2 nitrogen and oxygen atoms in total. The first-order chi connectivity index (χ1) is 9.94. The average molecular weight is 361 g/mol. The van der Waals surface area contributed by atoms with Gasteiger partial charge in [0.1, 0.15) is 17.2 Å². The first-order valence-corrected chi connectivity index (χ1v) is 7.14. The van der Waals surface area contributed by atoms with E-state index in [2.05, 4.69) is 15.9 Å². The Morgan fingerprint density at radius 1 is 1.00 bits per heavy atom. The van der Waals surface area contributed by atoms with E-state index < -0.39 is 11.7 Å². The molecule has 2 rings (SSSR count). The van der Waals surface area contributed by atoms with E-state index in [1.165, 1.54) is 19.2 Å². The first-order valence-electron chi connectivity index (χ1n) is 6.02. The molecule has 0 amide bonds. The fourth-order valence-electron chi connectivity index (χ4n) is 1.80. The Hall–Kier alpha value is -1.69. The smallest absolute Gasteiger partial charge is 0.416 e. The van der Waals surface area contributed by atoms with Crippen LogP contribution in [0.1, 0.15) is 11.1 Å². The molecule has 0 atom stereocenters. The number of hydrogen-bond acceptors (Lipinski definition) is 2. The second-order valence-electron chi connectivity index (χ2n) is 4.23. The van der Waals surface area contributed by atoms with E-state index in [0.29, 0.717) is 11.5 Å². The molecule has 0 saturated heterocycles. The Kier molecular flexibility index (Phi) is 4.77. The van der Waals surface area contributed by atoms with Crippen LogP contribution in [-0.4, -0.2) is 7.11 Å². The van der Waals surface area contributed by atoms with Crippen LogP contribution in [0.2, 0.25) is 0 Å². The molecule has 0 radical (unpaired) electrons. The summed E-state index contributed by atoms with van der Waals surface area (Å²) in [5.74, 6) is 1.11. The van der Waals surface area contributed by atoms with Crippen molar-refractivity contribution in [1.82, 2.24) is 0 Å². The van der Waals surface area contributed by atoms with Gasteiger partial charge in [0.15, 0.2) is 0 Å². The Morgan fingerprint density at radius 2 is 1.67 bits per heavy atom. The predicted octanol–water partition coefficient (Wildman–Crippen LogP) is 5.40. The Balaban J connectivity index is 2.32. The van der Waals surface area contributed by atoms with Crippen molar-refractivity contribution < 1.29 is 22.6 Å². The highest BCUT2D eigenvalue weighted by Gasteiger charge is 2.33. The van der Waals surface area contributed by atoms with Crippen molar-refractivity contribution in [1.29, 1.82) is 0 Å².